The van der Waals surface area contributed by atoms with Gasteiger partial charge in [-0.2, -0.15) is 5.26 Å². The van der Waals surface area contributed by atoms with E-state index in [1.807, 2.05) is 12.1 Å². The number of carbonyl (C=O) groups excluding carboxylic acids is 2. The molecule has 12 heteroatoms. The lowest BCUT2D eigenvalue weighted by atomic mass is 9.97. The highest BCUT2D eigenvalue weighted by Gasteiger charge is 2.49. The van der Waals surface area contributed by atoms with Crippen molar-refractivity contribution in [3.63, 3.8) is 0 Å². The highest BCUT2D eigenvalue weighted by Crippen LogP contribution is 2.41. The zero-order valence-electron chi connectivity index (χ0n) is 28.7. The van der Waals surface area contributed by atoms with Crippen molar-refractivity contribution in [1.82, 2.24) is 10.1 Å². The second kappa shape index (κ2) is 13.9. The number of nitrogens with one attached hydrogen (secondary N) is 1. The smallest absolute Gasteiger partial charge is 0.264 e. The van der Waals surface area contributed by atoms with Crippen LogP contribution in [0.15, 0.2) is 81.1 Å². The molecule has 0 radical (unpaired) electrons. The maximum atomic E-state index is 14.0. The Morgan fingerprint density at radius 2 is 1.82 bits per heavy atom. The van der Waals surface area contributed by atoms with E-state index in [1.54, 1.807) is 68.3 Å². The number of aryl methyl sites for hydroxylation is 1. The SMILES string of the molecule is CCCCC1=NC2(CCCC2)C(=O)N1Cc1ccc(-c2ccccc2S(=O)(=O)Nc2onc(C)c2C)c(N(C)C(=O)c2cccc(C#N)c2)c1. The molecule has 0 bridgehead atoms. The van der Waals surface area contributed by atoms with Crippen molar-refractivity contribution in [2.24, 2.45) is 4.99 Å². The van der Waals surface area contributed by atoms with Crippen molar-refractivity contribution in [2.45, 2.75) is 82.7 Å². The number of sulfonamides is 1. The molecule has 1 fully saturated rings. The maximum Gasteiger partial charge on any atom is 0.264 e. The van der Waals surface area contributed by atoms with E-state index in [0.717, 1.165) is 49.9 Å². The molecule has 1 aliphatic heterocycles. The number of nitrogens with zero attached hydrogens (tertiary/aromatic N) is 5. The summed E-state index contributed by atoms with van der Waals surface area (Å²) in [5.41, 5.74) is 3.10. The standard InChI is InChI=1S/C38H40N6O5S/c1-5-6-16-34-40-38(19-9-10-20-38)37(46)44(34)24-28-17-18-30(32(22-28)43(4)36(45)29-13-11-12-27(21-29)23-39)31-14-7-8-15-33(31)50(47,48)42-35-25(2)26(3)41-49-35/h7-8,11-15,17-18,21-22,42H,5-6,9-10,16,19-20,24H2,1-4H3. The van der Waals surface area contributed by atoms with E-state index in [4.69, 9.17) is 9.52 Å². The molecular weight excluding hydrogens is 653 g/mol. The summed E-state index contributed by atoms with van der Waals surface area (Å²) in [6.07, 6.45) is 6.01. The zero-order valence-corrected chi connectivity index (χ0v) is 29.5. The lowest BCUT2D eigenvalue weighted by Gasteiger charge is -2.26. The van der Waals surface area contributed by atoms with Gasteiger partial charge in [-0.05, 0) is 69.0 Å². The third-order valence-electron chi connectivity index (χ3n) is 9.64. The number of benzene rings is 3. The molecule has 0 atom stereocenters. The number of carbonyl (C=O) groups is 2. The van der Waals surface area contributed by atoms with Crippen molar-refractivity contribution in [1.29, 1.82) is 5.26 Å². The van der Waals surface area contributed by atoms with Crippen molar-refractivity contribution >= 4 is 39.2 Å². The van der Waals surface area contributed by atoms with E-state index < -0.39 is 15.6 Å². The summed E-state index contributed by atoms with van der Waals surface area (Å²) < 4.78 is 35.5. The fourth-order valence-electron chi connectivity index (χ4n) is 6.70. The highest BCUT2D eigenvalue weighted by molar-refractivity contribution is 7.92. The van der Waals surface area contributed by atoms with Gasteiger partial charge in [-0.15, -0.1) is 0 Å². The number of rotatable bonds is 11. The van der Waals surface area contributed by atoms with Gasteiger partial charge in [-0.1, -0.05) is 67.7 Å². The van der Waals surface area contributed by atoms with Gasteiger partial charge in [-0.25, -0.2) is 13.1 Å². The molecule has 6 rings (SSSR count). The summed E-state index contributed by atoms with van der Waals surface area (Å²) in [6, 6.07) is 20.5. The quantitative estimate of drug-likeness (QED) is 0.175. The van der Waals surface area contributed by atoms with Crippen molar-refractivity contribution in [3.8, 4) is 17.2 Å². The van der Waals surface area contributed by atoms with Crippen LogP contribution in [0.5, 0.6) is 0 Å². The predicted molar refractivity (Wildman–Crippen MR) is 191 cm³/mol. The summed E-state index contributed by atoms with van der Waals surface area (Å²) in [4.78, 5) is 36.2. The topological polar surface area (TPSA) is 149 Å². The molecule has 1 saturated carbocycles. The number of amidine groups is 1. The number of nitriles is 1. The molecule has 0 saturated heterocycles. The third-order valence-corrected chi connectivity index (χ3v) is 11.0. The van der Waals surface area contributed by atoms with E-state index in [2.05, 4.69) is 22.9 Å². The second-order valence-electron chi connectivity index (χ2n) is 13.0. The Morgan fingerprint density at radius 1 is 1.06 bits per heavy atom. The molecule has 3 aromatic carbocycles. The van der Waals surface area contributed by atoms with Crippen LogP contribution in [0, 0.1) is 25.2 Å². The van der Waals surface area contributed by atoms with Gasteiger partial charge >= 0.3 is 0 Å². The van der Waals surface area contributed by atoms with E-state index >= 15 is 0 Å². The van der Waals surface area contributed by atoms with Crippen LogP contribution in [0.25, 0.3) is 11.1 Å². The van der Waals surface area contributed by atoms with Crippen LogP contribution in [0.3, 0.4) is 0 Å². The first-order chi connectivity index (χ1) is 24.0. The van der Waals surface area contributed by atoms with Crippen LogP contribution in [-0.4, -0.2) is 48.7 Å². The number of amides is 2. The molecule has 11 nitrogen and oxygen atoms in total. The van der Waals surface area contributed by atoms with Gasteiger partial charge in [0.1, 0.15) is 11.4 Å². The summed E-state index contributed by atoms with van der Waals surface area (Å²) in [5.74, 6) is 0.444. The minimum atomic E-state index is -4.18. The number of unbranched alkanes of at least 4 members (excludes halogenated alkanes) is 1. The van der Waals surface area contributed by atoms with Gasteiger partial charge in [0.2, 0.25) is 5.88 Å². The number of hydrogen-bond donors (Lipinski definition) is 1. The first-order valence-corrected chi connectivity index (χ1v) is 18.3. The molecule has 2 heterocycles. The molecular formula is C38H40N6O5S. The van der Waals surface area contributed by atoms with Crippen LogP contribution in [-0.2, 0) is 21.4 Å². The zero-order chi connectivity index (χ0) is 35.6. The Balaban J connectivity index is 1.44. The summed E-state index contributed by atoms with van der Waals surface area (Å²) in [6.45, 7) is 5.80. The molecule has 1 aliphatic carbocycles. The van der Waals surface area contributed by atoms with Crippen LogP contribution in [0.1, 0.15) is 84.6 Å². The second-order valence-corrected chi connectivity index (χ2v) is 14.6. The van der Waals surface area contributed by atoms with E-state index in [9.17, 15) is 23.3 Å². The fourth-order valence-corrected chi connectivity index (χ4v) is 7.97. The molecule has 1 N–H and O–H groups in total. The summed E-state index contributed by atoms with van der Waals surface area (Å²) in [5, 5.41) is 13.4. The van der Waals surface area contributed by atoms with Gasteiger partial charge in [-0.3, -0.25) is 19.5 Å². The van der Waals surface area contributed by atoms with Gasteiger partial charge in [0.15, 0.2) is 0 Å². The van der Waals surface area contributed by atoms with Gasteiger partial charge < -0.3 is 9.42 Å². The Bertz CT molecular complexity index is 2140. The first-order valence-electron chi connectivity index (χ1n) is 16.8. The summed E-state index contributed by atoms with van der Waals surface area (Å²) in [7, 11) is -2.57. The average Bonchev–Trinajstić information content (AvgIpc) is 3.80. The Morgan fingerprint density at radius 3 is 2.52 bits per heavy atom. The van der Waals surface area contributed by atoms with Crippen LogP contribution >= 0.6 is 0 Å². The number of aliphatic imine (C=N–C) groups is 1. The Hall–Kier alpha value is -5.28. The molecule has 2 aliphatic rings. The Kier molecular flexibility index (Phi) is 9.62. The average molecular weight is 693 g/mol. The van der Waals surface area contributed by atoms with Crippen LogP contribution < -0.4 is 9.62 Å². The molecule has 0 unspecified atom stereocenters. The number of hydrogen-bond acceptors (Lipinski definition) is 8. The van der Waals surface area contributed by atoms with Gasteiger partial charge in [0.25, 0.3) is 21.8 Å². The molecule has 258 valence electrons. The molecule has 1 spiro atoms. The molecule has 4 aromatic rings. The van der Waals surface area contributed by atoms with Gasteiger partial charge in [0.05, 0.1) is 34.5 Å². The monoisotopic (exact) mass is 692 g/mol. The largest absolute Gasteiger partial charge is 0.337 e. The first kappa shape index (κ1) is 34.6. The minimum Gasteiger partial charge on any atom is -0.337 e. The molecule has 2 amide bonds. The predicted octanol–water partition coefficient (Wildman–Crippen LogP) is 7.15. The van der Waals surface area contributed by atoms with Crippen molar-refractivity contribution < 1.29 is 22.5 Å². The van der Waals surface area contributed by atoms with E-state index in [0.29, 0.717) is 45.6 Å². The maximum absolute atomic E-state index is 14.0. The summed E-state index contributed by atoms with van der Waals surface area (Å²) >= 11 is 0. The normalized spacial score (nSPS) is 15.3. The lowest BCUT2D eigenvalue weighted by Crippen LogP contribution is -2.40. The number of aromatic nitrogens is 1. The molecule has 50 heavy (non-hydrogen) atoms. The van der Waals surface area contributed by atoms with E-state index in [-0.39, 0.29) is 29.1 Å². The number of anilines is 2. The minimum absolute atomic E-state index is 0.0185. The lowest BCUT2D eigenvalue weighted by molar-refractivity contribution is -0.131. The fraction of sp³-hybridized carbons (Fsp3) is 0.342. The van der Waals surface area contributed by atoms with E-state index in [1.165, 1.54) is 17.0 Å². The van der Waals surface area contributed by atoms with Crippen LogP contribution in [0.2, 0.25) is 0 Å². The third kappa shape index (κ3) is 6.53. The van der Waals surface area contributed by atoms with Crippen LogP contribution in [0.4, 0.5) is 11.6 Å². The van der Waals surface area contributed by atoms with Crippen molar-refractivity contribution in [2.75, 3.05) is 16.7 Å². The highest BCUT2D eigenvalue weighted by atomic mass is 32.2. The van der Waals surface area contributed by atoms with Gasteiger partial charge in [0, 0.05) is 35.7 Å². The Labute approximate surface area is 292 Å². The van der Waals surface area contributed by atoms with Crippen molar-refractivity contribution in [3.05, 3.63) is 94.7 Å². The molecule has 1 aromatic heterocycles.